The van der Waals surface area contributed by atoms with Gasteiger partial charge >= 0.3 is 0 Å². The number of fused-ring (bicyclic) bond motifs is 1. The lowest BCUT2D eigenvalue weighted by atomic mass is 9.95. The Morgan fingerprint density at radius 1 is 1.13 bits per heavy atom. The number of hydrogen-bond donors (Lipinski definition) is 2. The van der Waals surface area contributed by atoms with Crippen molar-refractivity contribution in [2.24, 2.45) is 0 Å². The Kier molecular flexibility index (Phi) is 5.87. The number of para-hydroxylation sites is 1. The van der Waals surface area contributed by atoms with Gasteiger partial charge in [-0.1, -0.05) is 12.1 Å². The van der Waals surface area contributed by atoms with Gasteiger partial charge in [-0.25, -0.2) is 0 Å². The number of aliphatic hydroxyl groups excluding tert-OH is 1. The van der Waals surface area contributed by atoms with Crippen LogP contribution in [-0.2, 0) is 19.0 Å². The molecule has 2 saturated heterocycles. The smallest absolute Gasteiger partial charge is 0.223 e. The fourth-order valence-electron chi connectivity index (χ4n) is 3.64. The third-order valence-electron chi connectivity index (χ3n) is 5.02. The minimum absolute atomic E-state index is 0.119. The molecule has 160 valence electrons. The predicted molar refractivity (Wildman–Crippen MR) is 102 cm³/mol. The second-order valence-electron chi connectivity index (χ2n) is 7.21. The molecule has 0 radical (unpaired) electrons. The predicted octanol–water partition coefficient (Wildman–Crippen LogP) is 1.57. The van der Waals surface area contributed by atoms with Crippen LogP contribution >= 0.6 is 0 Å². The van der Waals surface area contributed by atoms with Gasteiger partial charge in [0, 0.05) is 6.92 Å². The van der Waals surface area contributed by atoms with E-state index in [1.807, 2.05) is 0 Å². The van der Waals surface area contributed by atoms with Crippen LogP contribution < -0.4 is 10.1 Å². The van der Waals surface area contributed by atoms with Crippen LogP contribution in [0.3, 0.4) is 0 Å². The highest BCUT2D eigenvalue weighted by Crippen LogP contribution is 2.35. The average molecular weight is 417 g/mol. The minimum atomic E-state index is -1.15. The third kappa shape index (κ3) is 4.10. The quantitative estimate of drug-likeness (QED) is 0.704. The van der Waals surface area contributed by atoms with Gasteiger partial charge in [-0.15, -0.1) is 0 Å². The van der Waals surface area contributed by atoms with E-state index in [1.165, 1.54) is 20.1 Å². The maximum atomic E-state index is 11.9. The molecule has 0 aliphatic carbocycles. The Hall–Kier alpha value is -2.72. The zero-order valence-corrected chi connectivity index (χ0v) is 16.5. The standard InChI is InChI=1S/C21H23NO8/c1-11(23)13-6-3-4-7-14(13)28-21-17(22-12(2)24)18(25)19-16(29-21)10-27-20(30-19)15-8-5-9-26-15/h3-9,16-21,25H,10H2,1-2H3,(H,22,24). The second-order valence-corrected chi connectivity index (χ2v) is 7.21. The first-order chi connectivity index (χ1) is 14.4. The van der Waals surface area contributed by atoms with Crippen molar-refractivity contribution in [2.75, 3.05) is 6.61 Å². The summed E-state index contributed by atoms with van der Waals surface area (Å²) in [5.41, 5.74) is 0.369. The summed E-state index contributed by atoms with van der Waals surface area (Å²) in [6.45, 7) is 2.88. The number of carbonyl (C=O) groups excluding carboxylic acids is 2. The third-order valence-corrected chi connectivity index (χ3v) is 5.02. The van der Waals surface area contributed by atoms with Gasteiger partial charge in [-0.05, 0) is 31.2 Å². The molecule has 2 aliphatic heterocycles. The molecule has 9 heteroatoms. The van der Waals surface area contributed by atoms with Crippen LogP contribution in [0.1, 0.15) is 36.3 Å². The number of aliphatic hydroxyl groups is 1. The van der Waals surface area contributed by atoms with Gasteiger partial charge in [-0.3, -0.25) is 9.59 Å². The van der Waals surface area contributed by atoms with Crippen LogP contribution in [-0.4, -0.2) is 54.0 Å². The van der Waals surface area contributed by atoms with Crippen molar-refractivity contribution >= 4 is 11.7 Å². The molecule has 0 bridgehead atoms. The molecule has 6 unspecified atom stereocenters. The normalized spacial score (nSPS) is 30.9. The molecule has 4 rings (SSSR count). The highest BCUT2D eigenvalue weighted by atomic mass is 16.8. The van der Waals surface area contributed by atoms with Crippen LogP contribution in [0.4, 0.5) is 0 Å². The van der Waals surface area contributed by atoms with Crippen molar-refractivity contribution < 1.29 is 38.1 Å². The molecule has 2 fully saturated rings. The van der Waals surface area contributed by atoms with Crippen LogP contribution in [0.5, 0.6) is 5.75 Å². The number of ketones is 1. The average Bonchev–Trinajstić information content (AvgIpc) is 3.25. The zero-order chi connectivity index (χ0) is 21.3. The first-order valence-electron chi connectivity index (χ1n) is 9.61. The number of furan rings is 1. The molecule has 1 amide bonds. The van der Waals surface area contributed by atoms with Crippen molar-refractivity contribution in [3.8, 4) is 5.75 Å². The number of amides is 1. The molecule has 1 aromatic carbocycles. The Bertz CT molecular complexity index is 898. The van der Waals surface area contributed by atoms with Gasteiger partial charge in [0.15, 0.2) is 11.5 Å². The number of rotatable bonds is 5. The zero-order valence-electron chi connectivity index (χ0n) is 16.5. The summed E-state index contributed by atoms with van der Waals surface area (Å²) in [6.07, 6.45) is -2.94. The summed E-state index contributed by atoms with van der Waals surface area (Å²) in [5, 5.41) is 13.7. The molecule has 2 aliphatic rings. The van der Waals surface area contributed by atoms with E-state index in [2.05, 4.69) is 5.32 Å². The first-order valence-corrected chi connectivity index (χ1v) is 9.61. The fraction of sp³-hybridized carbons (Fsp3) is 0.429. The molecule has 30 heavy (non-hydrogen) atoms. The van der Waals surface area contributed by atoms with Gasteiger partial charge in [0.25, 0.3) is 0 Å². The van der Waals surface area contributed by atoms with Gasteiger partial charge in [0.05, 0.1) is 18.4 Å². The van der Waals surface area contributed by atoms with Gasteiger partial charge < -0.3 is 33.8 Å². The SMILES string of the molecule is CC(=O)NC1C(Oc2ccccc2C(C)=O)OC2COC(c3ccco3)OC2C1O. The lowest BCUT2D eigenvalue weighted by molar-refractivity contribution is -0.336. The first kappa shape index (κ1) is 20.5. The Morgan fingerprint density at radius 2 is 1.93 bits per heavy atom. The van der Waals surface area contributed by atoms with Crippen LogP contribution in [0.15, 0.2) is 47.1 Å². The molecule has 1 aromatic heterocycles. The molecular weight excluding hydrogens is 394 g/mol. The molecule has 0 saturated carbocycles. The van der Waals surface area contributed by atoms with Crippen molar-refractivity contribution in [1.82, 2.24) is 5.32 Å². The fourth-order valence-corrected chi connectivity index (χ4v) is 3.64. The number of nitrogens with one attached hydrogen (secondary N) is 1. The molecule has 2 aromatic rings. The van der Waals surface area contributed by atoms with E-state index in [-0.39, 0.29) is 18.3 Å². The summed E-state index contributed by atoms with van der Waals surface area (Å²) in [6, 6.07) is 9.18. The maximum Gasteiger partial charge on any atom is 0.223 e. The topological polar surface area (TPSA) is 116 Å². The van der Waals surface area contributed by atoms with E-state index in [0.29, 0.717) is 17.1 Å². The van der Waals surface area contributed by atoms with Crippen molar-refractivity contribution in [3.05, 3.63) is 54.0 Å². The molecule has 6 atom stereocenters. The Labute approximate surface area is 172 Å². The molecule has 2 N–H and O–H groups in total. The monoisotopic (exact) mass is 417 g/mol. The number of benzene rings is 1. The van der Waals surface area contributed by atoms with Crippen molar-refractivity contribution in [3.63, 3.8) is 0 Å². The van der Waals surface area contributed by atoms with Gasteiger partial charge in [0.2, 0.25) is 18.5 Å². The summed E-state index contributed by atoms with van der Waals surface area (Å²) >= 11 is 0. The highest BCUT2D eigenvalue weighted by molar-refractivity contribution is 5.96. The van der Waals surface area contributed by atoms with Gasteiger partial charge in [0.1, 0.15) is 30.1 Å². The lowest BCUT2D eigenvalue weighted by Gasteiger charge is -2.47. The lowest BCUT2D eigenvalue weighted by Crippen LogP contribution is -2.67. The van der Waals surface area contributed by atoms with E-state index in [1.54, 1.807) is 36.4 Å². The van der Waals surface area contributed by atoms with Crippen molar-refractivity contribution in [1.29, 1.82) is 0 Å². The van der Waals surface area contributed by atoms with E-state index in [0.717, 1.165) is 0 Å². The van der Waals surface area contributed by atoms with Gasteiger partial charge in [-0.2, -0.15) is 0 Å². The summed E-state index contributed by atoms with van der Waals surface area (Å²) in [5.74, 6) is 0.207. The second kappa shape index (κ2) is 8.57. The molecule has 3 heterocycles. The van der Waals surface area contributed by atoms with E-state index in [4.69, 9.17) is 23.4 Å². The highest BCUT2D eigenvalue weighted by Gasteiger charge is 2.51. The molecule has 9 nitrogen and oxygen atoms in total. The largest absolute Gasteiger partial charge is 0.464 e. The number of carbonyl (C=O) groups is 2. The molecule has 0 spiro atoms. The Balaban J connectivity index is 1.57. The van der Waals surface area contributed by atoms with Crippen LogP contribution in [0, 0.1) is 0 Å². The van der Waals surface area contributed by atoms with Crippen molar-refractivity contribution in [2.45, 2.75) is 50.8 Å². The number of hydrogen-bond acceptors (Lipinski definition) is 8. The summed E-state index contributed by atoms with van der Waals surface area (Å²) in [7, 11) is 0. The summed E-state index contributed by atoms with van der Waals surface area (Å²) < 4.78 is 28.8. The van der Waals surface area contributed by atoms with E-state index in [9.17, 15) is 14.7 Å². The van der Waals surface area contributed by atoms with Crippen LogP contribution in [0.2, 0.25) is 0 Å². The minimum Gasteiger partial charge on any atom is -0.464 e. The van der Waals surface area contributed by atoms with E-state index < -0.39 is 36.9 Å². The summed E-state index contributed by atoms with van der Waals surface area (Å²) in [4.78, 5) is 23.7. The maximum absolute atomic E-state index is 11.9. The Morgan fingerprint density at radius 3 is 2.63 bits per heavy atom. The molecular formula is C21H23NO8. The number of Topliss-reactive ketones (excluding diaryl/α,β-unsaturated/α-hetero) is 1. The van der Waals surface area contributed by atoms with Crippen LogP contribution in [0.25, 0.3) is 0 Å². The van der Waals surface area contributed by atoms with E-state index >= 15 is 0 Å². The number of ether oxygens (including phenoxy) is 4.